The summed E-state index contributed by atoms with van der Waals surface area (Å²) in [6.45, 7) is -0.291. The number of esters is 2. The van der Waals surface area contributed by atoms with Gasteiger partial charge in [-0.3, -0.25) is 0 Å². The van der Waals surface area contributed by atoms with E-state index in [9.17, 15) is 40.2 Å². The largest absolute Gasteiger partial charge is 0.504 e. The van der Waals surface area contributed by atoms with Gasteiger partial charge in [0.1, 0.15) is 0 Å². The lowest BCUT2D eigenvalue weighted by Gasteiger charge is -2.28. The molecule has 0 aliphatic carbocycles. The van der Waals surface area contributed by atoms with E-state index >= 15 is 0 Å². The van der Waals surface area contributed by atoms with Gasteiger partial charge in [0.25, 0.3) is 0 Å². The van der Waals surface area contributed by atoms with Crippen LogP contribution in [0.5, 0.6) is 69.0 Å². The maximum absolute atomic E-state index is 13.5. The third kappa shape index (κ3) is 9.93. The normalized spacial score (nSPS) is 11.9. The van der Waals surface area contributed by atoms with E-state index in [2.05, 4.69) is 0 Å². The third-order valence-corrected chi connectivity index (χ3v) is 9.10. The van der Waals surface area contributed by atoms with Crippen molar-refractivity contribution >= 4 is 11.9 Å². The van der Waals surface area contributed by atoms with Gasteiger partial charge in [-0.05, 0) is 91.3 Å². The van der Waals surface area contributed by atoms with Gasteiger partial charge >= 0.3 is 11.9 Å². The number of phenols is 6. The smallest absolute Gasteiger partial charge is 0.338 e. The van der Waals surface area contributed by atoms with E-state index in [0.717, 1.165) is 0 Å². The number of carbonyl (C=O) groups is 2. The van der Waals surface area contributed by atoms with Crippen LogP contribution in [0.2, 0.25) is 0 Å². The first-order valence-corrected chi connectivity index (χ1v) is 17.2. The van der Waals surface area contributed by atoms with E-state index < -0.39 is 58.3 Å². The van der Waals surface area contributed by atoms with Crippen molar-refractivity contribution in [3.05, 3.63) is 70.8 Å². The molecule has 0 fully saturated rings. The number of methoxy groups -OCH3 is 6. The molecular formula is C40H46O16. The Balaban J connectivity index is 1.65. The molecule has 0 heterocycles. The van der Waals surface area contributed by atoms with Gasteiger partial charge in [-0.2, -0.15) is 0 Å². The lowest BCUT2D eigenvalue weighted by Crippen LogP contribution is -2.27. The van der Waals surface area contributed by atoms with Crippen molar-refractivity contribution in [1.29, 1.82) is 0 Å². The molecule has 302 valence electrons. The van der Waals surface area contributed by atoms with Crippen LogP contribution in [0.1, 0.15) is 44.7 Å². The molecule has 0 aromatic heterocycles. The first kappa shape index (κ1) is 42.2. The zero-order chi connectivity index (χ0) is 41.1. The Morgan fingerprint density at radius 1 is 0.500 bits per heavy atom. The number of carbonyl (C=O) groups excluding carboxylic acids is 2. The van der Waals surface area contributed by atoms with Crippen molar-refractivity contribution in [3.63, 3.8) is 0 Å². The molecule has 0 bridgehead atoms. The summed E-state index contributed by atoms with van der Waals surface area (Å²) in [4.78, 5) is 26.7. The van der Waals surface area contributed by atoms with Gasteiger partial charge in [-0.1, -0.05) is 0 Å². The van der Waals surface area contributed by atoms with Gasteiger partial charge in [-0.15, -0.1) is 0 Å². The fourth-order valence-electron chi connectivity index (χ4n) is 6.29. The van der Waals surface area contributed by atoms with E-state index in [1.807, 2.05) is 0 Å². The second-order valence-corrected chi connectivity index (χ2v) is 12.6. The van der Waals surface area contributed by atoms with Crippen LogP contribution in [-0.4, -0.2) is 98.5 Å². The highest BCUT2D eigenvalue weighted by atomic mass is 16.5. The molecule has 56 heavy (non-hydrogen) atoms. The van der Waals surface area contributed by atoms with Crippen LogP contribution >= 0.6 is 0 Å². The minimum Gasteiger partial charge on any atom is -0.504 e. The Morgan fingerprint density at radius 3 is 1.21 bits per heavy atom. The Hall–Kier alpha value is -6.58. The molecular weight excluding hydrogens is 736 g/mol. The van der Waals surface area contributed by atoms with Crippen LogP contribution in [0.3, 0.4) is 0 Å². The molecule has 6 N–H and O–H groups in total. The van der Waals surface area contributed by atoms with Gasteiger partial charge < -0.3 is 68.5 Å². The summed E-state index contributed by atoms with van der Waals surface area (Å²) in [6, 6.07) is 10.9. The number of hydrogen-bond donors (Lipinski definition) is 6. The van der Waals surface area contributed by atoms with Crippen molar-refractivity contribution in [3.8, 4) is 69.0 Å². The summed E-state index contributed by atoms with van der Waals surface area (Å²) >= 11 is 0. The van der Waals surface area contributed by atoms with Crippen molar-refractivity contribution in [2.75, 3.05) is 55.9 Å². The predicted molar refractivity (Wildman–Crippen MR) is 199 cm³/mol. The highest BCUT2D eigenvalue weighted by Crippen LogP contribution is 2.42. The van der Waals surface area contributed by atoms with Crippen LogP contribution in [0.4, 0.5) is 0 Å². The Bertz CT molecular complexity index is 1910. The molecule has 4 aromatic rings. The molecule has 0 unspecified atom stereocenters. The topological polar surface area (TPSA) is 229 Å². The summed E-state index contributed by atoms with van der Waals surface area (Å²) in [5, 5.41) is 61.2. The van der Waals surface area contributed by atoms with Crippen molar-refractivity contribution in [2.24, 2.45) is 11.8 Å². The predicted octanol–water partition coefficient (Wildman–Crippen LogP) is 5.48. The van der Waals surface area contributed by atoms with Crippen LogP contribution in [0, 0.1) is 11.8 Å². The molecule has 0 amide bonds. The average Bonchev–Trinajstić information content (AvgIpc) is 3.19. The highest BCUT2D eigenvalue weighted by molar-refractivity contribution is 5.92. The number of ether oxygens (including phenoxy) is 8. The van der Waals surface area contributed by atoms with Gasteiger partial charge in [0, 0.05) is 5.92 Å². The first-order chi connectivity index (χ1) is 26.8. The van der Waals surface area contributed by atoms with Crippen LogP contribution in [-0.2, 0) is 22.3 Å². The SMILES string of the molecule is COc1cc(C(=O)OCCC[C@H](Cc2cc(O)c(O)c(O)c2)[C@H](COC(=O)c2cc(OC)c(OC)c(OC)c2)Cc2cc(O)c(O)c(O)c2)cc(OC)c1OC. The van der Waals surface area contributed by atoms with Gasteiger partial charge in [0.05, 0.1) is 67.0 Å². The molecule has 4 aromatic carbocycles. The monoisotopic (exact) mass is 782 g/mol. The van der Waals surface area contributed by atoms with E-state index in [1.165, 1.54) is 91.2 Å². The van der Waals surface area contributed by atoms with Crippen molar-refractivity contribution in [2.45, 2.75) is 25.7 Å². The molecule has 16 nitrogen and oxygen atoms in total. The number of benzene rings is 4. The number of rotatable bonds is 19. The third-order valence-electron chi connectivity index (χ3n) is 9.10. The molecule has 16 heteroatoms. The number of phenolic OH excluding ortho intramolecular Hbond substituents is 6. The Kier molecular flexibility index (Phi) is 14.4. The standard InChI is InChI=1S/C40H46O16/c1-49-31-16-24(17-32(50-2)37(31)53-5)39(47)55-9-7-8-23(10-21-12-27(41)35(45)28(42)13-21)26(11-22-14-29(43)36(46)30(44)15-22)20-56-40(48)25-18-33(51-3)38(54-6)34(19-25)52-4/h12-19,23,26,41-46H,7-11,20H2,1-6H3/t23-,26+/m1/s1. The summed E-state index contributed by atoms with van der Waals surface area (Å²) in [6.07, 6.45) is 0.814. The van der Waals surface area contributed by atoms with Crippen LogP contribution < -0.4 is 28.4 Å². The molecule has 0 saturated carbocycles. The van der Waals surface area contributed by atoms with E-state index in [0.29, 0.717) is 23.3 Å². The van der Waals surface area contributed by atoms with Crippen LogP contribution in [0.25, 0.3) is 0 Å². The van der Waals surface area contributed by atoms with E-state index in [4.69, 9.17) is 37.9 Å². The average molecular weight is 783 g/mol. The zero-order valence-electron chi connectivity index (χ0n) is 31.8. The van der Waals surface area contributed by atoms with Crippen LogP contribution in [0.15, 0.2) is 48.5 Å². The molecule has 0 aliphatic rings. The van der Waals surface area contributed by atoms with E-state index in [-0.39, 0.29) is 72.4 Å². The lowest BCUT2D eigenvalue weighted by atomic mass is 9.80. The summed E-state index contributed by atoms with van der Waals surface area (Å²) in [5.41, 5.74) is 1.02. The van der Waals surface area contributed by atoms with Gasteiger partial charge in [0.2, 0.25) is 11.5 Å². The zero-order valence-corrected chi connectivity index (χ0v) is 31.8. The molecule has 2 atom stereocenters. The maximum Gasteiger partial charge on any atom is 0.338 e. The van der Waals surface area contributed by atoms with E-state index in [1.54, 1.807) is 0 Å². The second-order valence-electron chi connectivity index (χ2n) is 12.6. The highest BCUT2D eigenvalue weighted by Gasteiger charge is 2.28. The number of aromatic hydroxyl groups is 6. The minimum absolute atomic E-state index is 0.0587. The fourth-order valence-corrected chi connectivity index (χ4v) is 6.29. The molecule has 0 saturated heterocycles. The molecule has 0 aliphatic heterocycles. The summed E-state index contributed by atoms with van der Waals surface area (Å²) < 4.78 is 43.6. The quantitative estimate of drug-likeness (QED) is 0.0393. The maximum atomic E-state index is 13.5. The molecule has 0 spiro atoms. The minimum atomic E-state index is -0.747. The Morgan fingerprint density at radius 2 is 0.857 bits per heavy atom. The summed E-state index contributed by atoms with van der Waals surface area (Å²) in [5.74, 6) is -4.63. The second kappa shape index (κ2) is 19.1. The first-order valence-electron chi connectivity index (χ1n) is 17.2. The Labute approximate surface area is 322 Å². The number of hydrogen-bond acceptors (Lipinski definition) is 16. The molecule has 0 radical (unpaired) electrons. The van der Waals surface area contributed by atoms with Gasteiger partial charge in [0.15, 0.2) is 57.5 Å². The fraction of sp³-hybridized carbons (Fsp3) is 0.350. The van der Waals surface area contributed by atoms with Gasteiger partial charge in [-0.25, -0.2) is 9.59 Å². The molecule has 4 rings (SSSR count). The lowest BCUT2D eigenvalue weighted by molar-refractivity contribution is 0.0361. The summed E-state index contributed by atoms with van der Waals surface area (Å²) in [7, 11) is 8.49. The van der Waals surface area contributed by atoms with Crippen molar-refractivity contribution < 1.29 is 78.1 Å². The van der Waals surface area contributed by atoms with Crippen molar-refractivity contribution in [1.82, 2.24) is 0 Å².